The Kier molecular flexibility index (Phi) is 4.70. The second-order valence-corrected chi connectivity index (χ2v) is 4.44. The molecule has 23 heavy (non-hydrogen) atoms. The predicted octanol–water partition coefficient (Wildman–Crippen LogP) is 2.89. The quantitative estimate of drug-likeness (QED) is 0.844. The summed E-state index contributed by atoms with van der Waals surface area (Å²) in [5.41, 5.74) is -0.515. The number of rotatable bonds is 6. The smallest absolute Gasteiger partial charge is 0.339 e. The highest BCUT2D eigenvalue weighted by Crippen LogP contribution is 2.34. The summed E-state index contributed by atoms with van der Waals surface area (Å²) in [6.45, 7) is 0. The first-order valence-electron chi connectivity index (χ1n) is 6.46. The highest BCUT2D eigenvalue weighted by Gasteiger charge is 2.21. The molecule has 2 N–H and O–H groups in total. The molecule has 2 rings (SSSR count). The van der Waals surface area contributed by atoms with E-state index in [9.17, 15) is 19.8 Å². The Morgan fingerprint density at radius 3 is 1.65 bits per heavy atom. The summed E-state index contributed by atoms with van der Waals surface area (Å²) in [4.78, 5) is 22.6. The molecule has 7 heteroatoms. The number of carboxylic acids is 2. The summed E-state index contributed by atoms with van der Waals surface area (Å²) in [5, 5.41) is 18.5. The second-order valence-electron chi connectivity index (χ2n) is 4.44. The standard InChI is InChI=1S/C16H14O7/c1-21-9-6-10(22-2)8-11(7-9)23-14-12(15(17)18)4-3-5-13(14)16(19)20/h3-8H,1-2H3,(H,17,18)(H,19,20). The molecule has 0 aromatic heterocycles. The number of aromatic carboxylic acids is 2. The normalized spacial score (nSPS) is 10.0. The average Bonchev–Trinajstić information content (AvgIpc) is 2.54. The maximum absolute atomic E-state index is 11.3. The van der Waals surface area contributed by atoms with E-state index in [-0.39, 0.29) is 22.6 Å². The third kappa shape index (κ3) is 3.52. The second kappa shape index (κ2) is 6.69. The lowest BCUT2D eigenvalue weighted by Crippen LogP contribution is -2.07. The van der Waals surface area contributed by atoms with Crippen molar-refractivity contribution in [2.45, 2.75) is 0 Å². The summed E-state index contributed by atoms with van der Waals surface area (Å²) >= 11 is 0. The maximum Gasteiger partial charge on any atom is 0.339 e. The molecular formula is C16H14O7. The van der Waals surface area contributed by atoms with Crippen molar-refractivity contribution in [1.29, 1.82) is 0 Å². The largest absolute Gasteiger partial charge is 0.496 e. The Morgan fingerprint density at radius 1 is 0.826 bits per heavy atom. The van der Waals surface area contributed by atoms with E-state index in [0.717, 1.165) is 0 Å². The molecule has 2 aromatic rings. The van der Waals surface area contributed by atoms with Crippen molar-refractivity contribution in [1.82, 2.24) is 0 Å². The number of benzene rings is 2. The van der Waals surface area contributed by atoms with Crippen LogP contribution in [0.4, 0.5) is 0 Å². The molecule has 0 amide bonds. The predicted molar refractivity (Wildman–Crippen MR) is 80.0 cm³/mol. The molecule has 120 valence electrons. The van der Waals surface area contributed by atoms with Crippen LogP contribution in [0.15, 0.2) is 36.4 Å². The van der Waals surface area contributed by atoms with Gasteiger partial charge in [0.15, 0.2) is 5.75 Å². The van der Waals surface area contributed by atoms with E-state index >= 15 is 0 Å². The van der Waals surface area contributed by atoms with Gasteiger partial charge in [0.2, 0.25) is 0 Å². The summed E-state index contributed by atoms with van der Waals surface area (Å²) in [5.74, 6) is -1.82. The van der Waals surface area contributed by atoms with Crippen LogP contribution in [0.3, 0.4) is 0 Å². The van der Waals surface area contributed by atoms with E-state index in [1.54, 1.807) is 6.07 Å². The third-order valence-corrected chi connectivity index (χ3v) is 3.02. The molecule has 0 aliphatic heterocycles. The van der Waals surface area contributed by atoms with Crippen LogP contribution in [0, 0.1) is 0 Å². The van der Waals surface area contributed by atoms with E-state index < -0.39 is 11.9 Å². The number of hydrogen-bond donors (Lipinski definition) is 2. The van der Waals surface area contributed by atoms with Crippen LogP contribution in [-0.4, -0.2) is 36.4 Å². The number of para-hydroxylation sites is 1. The van der Waals surface area contributed by atoms with Gasteiger partial charge in [0.25, 0.3) is 0 Å². The van der Waals surface area contributed by atoms with E-state index in [2.05, 4.69) is 0 Å². The molecule has 0 spiro atoms. The molecule has 2 aromatic carbocycles. The minimum atomic E-state index is -1.29. The molecule has 0 aliphatic rings. The Balaban J connectivity index is 2.55. The van der Waals surface area contributed by atoms with Crippen molar-refractivity contribution in [2.24, 2.45) is 0 Å². The van der Waals surface area contributed by atoms with Crippen molar-refractivity contribution in [3.8, 4) is 23.0 Å². The molecule has 0 bridgehead atoms. The van der Waals surface area contributed by atoms with Gasteiger partial charge < -0.3 is 24.4 Å². The lowest BCUT2D eigenvalue weighted by molar-refractivity contribution is 0.0692. The molecule has 0 aliphatic carbocycles. The van der Waals surface area contributed by atoms with Gasteiger partial charge in [-0.1, -0.05) is 6.07 Å². The van der Waals surface area contributed by atoms with Crippen molar-refractivity contribution >= 4 is 11.9 Å². The van der Waals surface area contributed by atoms with Crippen molar-refractivity contribution < 1.29 is 34.0 Å². The number of ether oxygens (including phenoxy) is 3. The van der Waals surface area contributed by atoms with Crippen LogP contribution in [0.25, 0.3) is 0 Å². The van der Waals surface area contributed by atoms with Gasteiger partial charge in [-0.3, -0.25) is 0 Å². The first-order chi connectivity index (χ1) is 11.0. The topological polar surface area (TPSA) is 102 Å². The van der Waals surface area contributed by atoms with E-state index in [1.807, 2.05) is 0 Å². The highest BCUT2D eigenvalue weighted by molar-refractivity contribution is 5.98. The highest BCUT2D eigenvalue weighted by atomic mass is 16.5. The molecule has 0 saturated carbocycles. The SMILES string of the molecule is COc1cc(OC)cc(Oc2c(C(=O)O)cccc2C(=O)O)c1. The van der Waals surface area contributed by atoms with Gasteiger partial charge in [0.05, 0.1) is 14.2 Å². The molecule has 0 heterocycles. The Hall–Kier alpha value is -3.22. The molecule has 0 unspecified atom stereocenters. The van der Waals surface area contributed by atoms with Gasteiger partial charge in [0.1, 0.15) is 28.4 Å². The zero-order chi connectivity index (χ0) is 17.0. The van der Waals surface area contributed by atoms with Crippen molar-refractivity contribution in [3.05, 3.63) is 47.5 Å². The molecule has 0 saturated heterocycles. The van der Waals surface area contributed by atoms with Crippen LogP contribution < -0.4 is 14.2 Å². The van der Waals surface area contributed by atoms with Crippen molar-refractivity contribution in [3.63, 3.8) is 0 Å². The molecule has 0 radical (unpaired) electrons. The van der Waals surface area contributed by atoms with Gasteiger partial charge in [-0.15, -0.1) is 0 Å². The zero-order valence-electron chi connectivity index (χ0n) is 12.4. The number of carbonyl (C=O) groups is 2. The Labute approximate surface area is 131 Å². The van der Waals surface area contributed by atoms with Gasteiger partial charge in [-0.25, -0.2) is 9.59 Å². The van der Waals surface area contributed by atoms with Gasteiger partial charge in [-0.2, -0.15) is 0 Å². The van der Waals surface area contributed by atoms with Crippen LogP contribution >= 0.6 is 0 Å². The summed E-state index contributed by atoms with van der Waals surface area (Å²) in [7, 11) is 2.90. The van der Waals surface area contributed by atoms with E-state index in [4.69, 9.17) is 14.2 Å². The monoisotopic (exact) mass is 318 g/mol. The third-order valence-electron chi connectivity index (χ3n) is 3.02. The van der Waals surface area contributed by atoms with E-state index in [0.29, 0.717) is 11.5 Å². The van der Waals surface area contributed by atoms with Crippen LogP contribution in [-0.2, 0) is 0 Å². The van der Waals surface area contributed by atoms with Crippen molar-refractivity contribution in [2.75, 3.05) is 14.2 Å². The maximum atomic E-state index is 11.3. The lowest BCUT2D eigenvalue weighted by Gasteiger charge is -2.13. The summed E-state index contributed by atoms with van der Waals surface area (Å²) in [6, 6.07) is 8.46. The Bertz CT molecular complexity index is 698. The summed E-state index contributed by atoms with van der Waals surface area (Å²) < 4.78 is 15.7. The fourth-order valence-electron chi connectivity index (χ4n) is 1.94. The first kappa shape index (κ1) is 16.2. The molecular weight excluding hydrogens is 304 g/mol. The van der Waals surface area contributed by atoms with Gasteiger partial charge >= 0.3 is 11.9 Å². The van der Waals surface area contributed by atoms with Crippen LogP contribution in [0.1, 0.15) is 20.7 Å². The van der Waals surface area contributed by atoms with Crippen LogP contribution in [0.5, 0.6) is 23.0 Å². The minimum absolute atomic E-state index is 0.192. The minimum Gasteiger partial charge on any atom is -0.496 e. The fraction of sp³-hybridized carbons (Fsp3) is 0.125. The van der Waals surface area contributed by atoms with Gasteiger partial charge in [-0.05, 0) is 12.1 Å². The average molecular weight is 318 g/mol. The Morgan fingerprint density at radius 2 is 1.26 bits per heavy atom. The lowest BCUT2D eigenvalue weighted by atomic mass is 10.1. The summed E-state index contributed by atoms with van der Waals surface area (Å²) in [6.07, 6.45) is 0. The number of methoxy groups -OCH3 is 2. The molecule has 7 nitrogen and oxygen atoms in total. The fourth-order valence-corrected chi connectivity index (χ4v) is 1.94. The van der Waals surface area contributed by atoms with Crippen LogP contribution in [0.2, 0.25) is 0 Å². The van der Waals surface area contributed by atoms with E-state index in [1.165, 1.54) is 44.6 Å². The number of hydrogen-bond acceptors (Lipinski definition) is 5. The molecule has 0 atom stereocenters. The zero-order valence-corrected chi connectivity index (χ0v) is 12.4. The number of carboxylic acid groups (broad SMARTS) is 2. The van der Waals surface area contributed by atoms with Gasteiger partial charge in [0, 0.05) is 18.2 Å². The molecule has 0 fully saturated rings. The first-order valence-corrected chi connectivity index (χ1v) is 6.46.